The molecule has 2 N–H and O–H groups in total. The maximum atomic E-state index is 13.1. The Balaban J connectivity index is 1.03. The zero-order valence-electron chi connectivity index (χ0n) is 25.8. The second-order valence-electron chi connectivity index (χ2n) is 12.4. The van der Waals surface area contributed by atoms with Crippen LogP contribution in [0.2, 0.25) is 0 Å². The maximum Gasteiger partial charge on any atom is 0.410 e. The second-order valence-corrected chi connectivity index (χ2v) is 12.4. The van der Waals surface area contributed by atoms with Crippen LogP contribution < -0.4 is 10.6 Å². The Morgan fingerprint density at radius 1 is 0.848 bits per heavy atom. The summed E-state index contributed by atoms with van der Waals surface area (Å²) in [6.07, 6.45) is 1.90. The number of carbonyl (C=O) groups excluding carboxylic acids is 2. The monoisotopic (exact) mass is 611 g/mol. The lowest BCUT2D eigenvalue weighted by Gasteiger charge is -2.31. The zero-order chi connectivity index (χ0) is 31.8. The summed E-state index contributed by atoms with van der Waals surface area (Å²) in [5.41, 5.74) is 6.76. The normalized spacial score (nSPS) is 13.0. The zero-order valence-corrected chi connectivity index (χ0v) is 25.8. The van der Waals surface area contributed by atoms with Gasteiger partial charge in [-0.15, -0.1) is 0 Å². The molecule has 0 atom stereocenters. The van der Waals surface area contributed by atoms with Crippen LogP contribution in [0.25, 0.3) is 33.2 Å². The largest absolute Gasteiger partial charge is 0.455 e. The molecular formula is C37H33N5O4. The molecule has 2 amide bonds. The van der Waals surface area contributed by atoms with Crippen molar-refractivity contribution < 1.29 is 18.7 Å². The van der Waals surface area contributed by atoms with Gasteiger partial charge in [-0.3, -0.25) is 4.79 Å². The van der Waals surface area contributed by atoms with Crippen LogP contribution in [0.15, 0.2) is 102 Å². The summed E-state index contributed by atoms with van der Waals surface area (Å²) in [7, 11) is 0. The third-order valence-electron chi connectivity index (χ3n) is 7.89. The van der Waals surface area contributed by atoms with Gasteiger partial charge in [0.05, 0.1) is 5.69 Å². The Morgan fingerprint density at radius 3 is 2.46 bits per heavy atom. The number of nitrogens with one attached hydrogen (secondary N) is 2. The molecule has 1 aliphatic rings. The Kier molecular flexibility index (Phi) is 7.36. The van der Waals surface area contributed by atoms with Crippen molar-refractivity contribution in [2.75, 3.05) is 17.2 Å². The molecule has 9 heteroatoms. The smallest absolute Gasteiger partial charge is 0.410 e. The number of fused-ring (bicyclic) bond motifs is 4. The van der Waals surface area contributed by atoms with E-state index in [0.717, 1.165) is 50.0 Å². The van der Waals surface area contributed by atoms with Gasteiger partial charge < -0.3 is 24.7 Å². The number of aromatic nitrogens is 2. The quantitative estimate of drug-likeness (QED) is 0.202. The molecule has 0 saturated carbocycles. The first kappa shape index (κ1) is 29.0. The molecule has 0 fully saturated rings. The number of carbonyl (C=O) groups is 2. The maximum absolute atomic E-state index is 13.1. The molecular weight excluding hydrogens is 578 g/mol. The number of furan rings is 1. The third-order valence-corrected chi connectivity index (χ3v) is 7.89. The Hall–Kier alpha value is -5.70. The van der Waals surface area contributed by atoms with Crippen molar-refractivity contribution in [2.45, 2.75) is 39.3 Å². The van der Waals surface area contributed by atoms with E-state index in [2.05, 4.69) is 32.7 Å². The number of para-hydroxylation sites is 2. The van der Waals surface area contributed by atoms with Crippen LogP contribution in [0.1, 0.15) is 42.3 Å². The van der Waals surface area contributed by atoms with Crippen LogP contribution in [-0.4, -0.2) is 39.0 Å². The first-order chi connectivity index (χ1) is 22.2. The summed E-state index contributed by atoms with van der Waals surface area (Å²) in [6, 6.07) is 29.0. The number of nitrogens with zero attached hydrogens (tertiary/aromatic N) is 3. The van der Waals surface area contributed by atoms with E-state index >= 15 is 0 Å². The van der Waals surface area contributed by atoms with E-state index in [4.69, 9.17) is 9.15 Å². The van der Waals surface area contributed by atoms with Gasteiger partial charge in [-0.05, 0) is 86.8 Å². The molecule has 0 saturated heterocycles. The van der Waals surface area contributed by atoms with Crippen molar-refractivity contribution in [2.24, 2.45) is 0 Å². The molecule has 4 aromatic carbocycles. The number of anilines is 3. The van der Waals surface area contributed by atoms with Crippen LogP contribution in [-0.2, 0) is 17.7 Å². The molecule has 2 aromatic heterocycles. The van der Waals surface area contributed by atoms with Gasteiger partial charge >= 0.3 is 6.09 Å². The van der Waals surface area contributed by atoms with Gasteiger partial charge in [0.1, 0.15) is 28.9 Å². The van der Waals surface area contributed by atoms with Gasteiger partial charge in [-0.1, -0.05) is 36.4 Å². The molecule has 230 valence electrons. The average molecular weight is 612 g/mol. The van der Waals surface area contributed by atoms with Gasteiger partial charge in [0.25, 0.3) is 5.91 Å². The molecule has 9 nitrogen and oxygen atoms in total. The number of hydrogen-bond donors (Lipinski definition) is 2. The lowest BCUT2D eigenvalue weighted by Crippen LogP contribution is -2.40. The summed E-state index contributed by atoms with van der Waals surface area (Å²) in [5.74, 6) is 0.405. The van der Waals surface area contributed by atoms with Crippen LogP contribution in [0.4, 0.5) is 22.0 Å². The van der Waals surface area contributed by atoms with E-state index in [9.17, 15) is 9.59 Å². The summed E-state index contributed by atoms with van der Waals surface area (Å²) in [5, 5.41) is 8.40. The summed E-state index contributed by atoms with van der Waals surface area (Å²) in [6.45, 7) is 6.55. The van der Waals surface area contributed by atoms with Crippen molar-refractivity contribution in [3.05, 3.63) is 114 Å². The number of ether oxygens (including phenoxy) is 1. The fourth-order valence-corrected chi connectivity index (χ4v) is 5.69. The third kappa shape index (κ3) is 5.99. The molecule has 6 aromatic rings. The van der Waals surface area contributed by atoms with Gasteiger partial charge in [-0.2, -0.15) is 0 Å². The van der Waals surface area contributed by atoms with Crippen molar-refractivity contribution in [1.82, 2.24) is 14.9 Å². The summed E-state index contributed by atoms with van der Waals surface area (Å²) >= 11 is 0. The topological polar surface area (TPSA) is 110 Å². The van der Waals surface area contributed by atoms with Crippen molar-refractivity contribution in [3.8, 4) is 11.3 Å². The average Bonchev–Trinajstić information content (AvgIpc) is 3.43. The SMILES string of the molecule is CC(C)(C)OC(=O)N1CCc2ccc(C(=O)Nc3ccc(Nc4cc(-c5cccc6c5oc5ccccc56)ncn4)cc3)cc2C1. The number of rotatable bonds is 5. The van der Waals surface area contributed by atoms with E-state index in [0.29, 0.717) is 36.6 Å². The second kappa shape index (κ2) is 11.7. The van der Waals surface area contributed by atoms with Crippen LogP contribution in [0.5, 0.6) is 0 Å². The fourth-order valence-electron chi connectivity index (χ4n) is 5.69. The highest BCUT2D eigenvalue weighted by Gasteiger charge is 2.26. The minimum absolute atomic E-state index is 0.224. The molecule has 0 radical (unpaired) electrons. The first-order valence-electron chi connectivity index (χ1n) is 15.2. The molecule has 7 rings (SSSR count). The van der Waals surface area contributed by atoms with E-state index in [1.54, 1.807) is 4.90 Å². The van der Waals surface area contributed by atoms with Crippen molar-refractivity contribution in [1.29, 1.82) is 0 Å². The molecule has 1 aliphatic heterocycles. The van der Waals surface area contributed by atoms with Crippen LogP contribution >= 0.6 is 0 Å². The number of benzene rings is 4. The van der Waals surface area contributed by atoms with E-state index in [1.807, 2.05) is 99.6 Å². The summed E-state index contributed by atoms with van der Waals surface area (Å²) < 4.78 is 11.7. The summed E-state index contributed by atoms with van der Waals surface area (Å²) in [4.78, 5) is 36.3. The van der Waals surface area contributed by atoms with Gasteiger partial charge in [0.2, 0.25) is 0 Å². The first-order valence-corrected chi connectivity index (χ1v) is 15.2. The van der Waals surface area contributed by atoms with Crippen molar-refractivity contribution in [3.63, 3.8) is 0 Å². The molecule has 0 spiro atoms. The fraction of sp³-hybridized carbons (Fsp3) is 0.189. The molecule has 46 heavy (non-hydrogen) atoms. The standard InChI is InChI=1S/C37H33N5O4/c1-37(2,3)46-36(44)42-18-17-23-11-12-24(19-25(23)21-42)35(43)41-27-15-13-26(14-16-27)40-33-20-31(38-22-39-33)30-9-6-8-29-28-7-4-5-10-32(28)45-34(29)30/h4-16,19-20,22H,17-18,21H2,1-3H3,(H,41,43)(H,38,39,40). The predicted molar refractivity (Wildman–Crippen MR) is 179 cm³/mol. The number of amides is 2. The van der Waals surface area contributed by atoms with Gasteiger partial charge in [0.15, 0.2) is 0 Å². The number of hydrogen-bond acceptors (Lipinski definition) is 7. The van der Waals surface area contributed by atoms with E-state index in [-0.39, 0.29) is 12.0 Å². The lowest BCUT2D eigenvalue weighted by molar-refractivity contribution is 0.0224. The Bertz CT molecular complexity index is 2100. The molecule has 0 aliphatic carbocycles. The minimum Gasteiger partial charge on any atom is -0.455 e. The lowest BCUT2D eigenvalue weighted by atomic mass is 9.97. The highest BCUT2D eigenvalue weighted by molar-refractivity contribution is 6.09. The Morgan fingerprint density at radius 2 is 1.63 bits per heavy atom. The van der Waals surface area contributed by atoms with Gasteiger partial charge in [-0.25, -0.2) is 14.8 Å². The van der Waals surface area contributed by atoms with Gasteiger partial charge in [0, 0.05) is 52.4 Å². The van der Waals surface area contributed by atoms with E-state index < -0.39 is 5.60 Å². The highest BCUT2D eigenvalue weighted by Crippen LogP contribution is 2.35. The van der Waals surface area contributed by atoms with E-state index in [1.165, 1.54) is 6.33 Å². The van der Waals surface area contributed by atoms with Crippen LogP contribution in [0, 0.1) is 0 Å². The van der Waals surface area contributed by atoms with Crippen LogP contribution in [0.3, 0.4) is 0 Å². The Labute approximate surface area is 266 Å². The molecule has 0 bridgehead atoms. The minimum atomic E-state index is -0.562. The molecule has 0 unspecified atom stereocenters. The predicted octanol–water partition coefficient (Wildman–Crippen LogP) is 8.33. The highest BCUT2D eigenvalue weighted by atomic mass is 16.6. The molecule has 3 heterocycles. The van der Waals surface area contributed by atoms with Crippen molar-refractivity contribution >= 4 is 51.1 Å².